The topological polar surface area (TPSA) is 81.4 Å². The SMILES string of the molecule is COc1c(N)cc(C(F)(F)C(F)(F)F)cc1NS(C)(=O)=O. The van der Waals surface area contributed by atoms with Gasteiger partial charge in [-0.1, -0.05) is 0 Å². The van der Waals surface area contributed by atoms with E-state index in [1.807, 2.05) is 0 Å². The molecule has 0 aliphatic carbocycles. The van der Waals surface area contributed by atoms with E-state index in [0.717, 1.165) is 7.11 Å². The predicted molar refractivity (Wildman–Crippen MR) is 65.8 cm³/mol. The van der Waals surface area contributed by atoms with Gasteiger partial charge in [0, 0.05) is 5.56 Å². The predicted octanol–water partition coefficient (Wildman–Crippen LogP) is 2.30. The molecule has 0 amide bonds. The molecule has 0 saturated carbocycles. The Kier molecular flexibility index (Phi) is 4.28. The monoisotopic (exact) mass is 334 g/mol. The fourth-order valence-electron chi connectivity index (χ4n) is 1.50. The van der Waals surface area contributed by atoms with E-state index in [-0.39, 0.29) is 5.75 Å². The Morgan fingerprint density at radius 3 is 2.10 bits per heavy atom. The van der Waals surface area contributed by atoms with Gasteiger partial charge in [0.25, 0.3) is 0 Å². The number of hydrogen-bond donors (Lipinski definition) is 2. The summed E-state index contributed by atoms with van der Waals surface area (Å²) in [6.45, 7) is 0. The van der Waals surface area contributed by atoms with Gasteiger partial charge in [-0.3, -0.25) is 4.72 Å². The van der Waals surface area contributed by atoms with Gasteiger partial charge < -0.3 is 10.5 Å². The molecule has 1 aromatic rings. The van der Waals surface area contributed by atoms with Gasteiger partial charge in [-0.2, -0.15) is 22.0 Å². The molecule has 0 spiro atoms. The average Bonchev–Trinajstić information content (AvgIpc) is 2.24. The number of halogens is 5. The van der Waals surface area contributed by atoms with E-state index < -0.39 is 39.1 Å². The van der Waals surface area contributed by atoms with Crippen LogP contribution in [0.3, 0.4) is 0 Å². The highest BCUT2D eigenvalue weighted by molar-refractivity contribution is 7.92. The molecule has 0 heterocycles. The van der Waals surface area contributed by atoms with Crippen molar-refractivity contribution in [3.8, 4) is 5.75 Å². The molecule has 3 N–H and O–H groups in total. The third-order valence-electron chi connectivity index (χ3n) is 2.34. The number of alkyl halides is 5. The molecule has 0 radical (unpaired) electrons. The molecule has 0 aromatic heterocycles. The lowest BCUT2D eigenvalue weighted by Crippen LogP contribution is -2.33. The minimum Gasteiger partial charge on any atom is -0.492 e. The van der Waals surface area contributed by atoms with Crippen molar-refractivity contribution in [1.82, 2.24) is 0 Å². The minimum atomic E-state index is -5.85. The number of ether oxygens (including phenoxy) is 1. The van der Waals surface area contributed by atoms with Crippen molar-refractivity contribution >= 4 is 21.4 Å². The van der Waals surface area contributed by atoms with Crippen LogP contribution in [0, 0.1) is 0 Å². The van der Waals surface area contributed by atoms with E-state index in [1.54, 1.807) is 4.72 Å². The maximum atomic E-state index is 13.3. The Morgan fingerprint density at radius 2 is 1.71 bits per heavy atom. The Balaban J connectivity index is 3.53. The fraction of sp³-hybridized carbons (Fsp3) is 0.400. The first-order valence-electron chi connectivity index (χ1n) is 5.20. The first-order chi connectivity index (χ1) is 9.29. The molecule has 21 heavy (non-hydrogen) atoms. The second-order valence-corrected chi connectivity index (χ2v) is 5.84. The van der Waals surface area contributed by atoms with Crippen molar-refractivity contribution in [1.29, 1.82) is 0 Å². The third kappa shape index (κ3) is 3.65. The van der Waals surface area contributed by atoms with Crippen LogP contribution in [0.1, 0.15) is 5.56 Å². The molecular weight excluding hydrogens is 323 g/mol. The van der Waals surface area contributed by atoms with Gasteiger partial charge in [0.05, 0.1) is 24.7 Å². The van der Waals surface area contributed by atoms with Gasteiger partial charge in [-0.05, 0) is 12.1 Å². The highest BCUT2D eigenvalue weighted by Crippen LogP contribution is 2.47. The van der Waals surface area contributed by atoms with E-state index in [1.165, 1.54) is 0 Å². The van der Waals surface area contributed by atoms with Gasteiger partial charge >= 0.3 is 12.1 Å². The molecule has 0 fully saturated rings. The number of rotatable bonds is 4. The number of hydrogen-bond acceptors (Lipinski definition) is 4. The van der Waals surface area contributed by atoms with Crippen LogP contribution in [-0.4, -0.2) is 28.0 Å². The number of sulfonamides is 1. The minimum absolute atomic E-state index is 0.323. The summed E-state index contributed by atoms with van der Waals surface area (Å²) in [5.41, 5.74) is 2.65. The summed E-state index contributed by atoms with van der Waals surface area (Å²) in [7, 11) is -2.88. The molecule has 0 aliphatic rings. The van der Waals surface area contributed by atoms with Crippen LogP contribution in [0.25, 0.3) is 0 Å². The van der Waals surface area contributed by atoms with Crippen LogP contribution in [0.5, 0.6) is 5.75 Å². The van der Waals surface area contributed by atoms with Gasteiger partial charge in [0.15, 0.2) is 5.75 Å². The van der Waals surface area contributed by atoms with E-state index in [0.29, 0.717) is 18.4 Å². The zero-order valence-corrected chi connectivity index (χ0v) is 11.6. The summed E-state index contributed by atoms with van der Waals surface area (Å²) >= 11 is 0. The molecule has 5 nitrogen and oxygen atoms in total. The molecule has 1 aromatic carbocycles. The van der Waals surface area contributed by atoms with E-state index >= 15 is 0 Å². The smallest absolute Gasteiger partial charge is 0.458 e. The number of anilines is 2. The van der Waals surface area contributed by atoms with Crippen LogP contribution >= 0.6 is 0 Å². The van der Waals surface area contributed by atoms with Gasteiger partial charge in [-0.25, -0.2) is 8.42 Å². The fourth-order valence-corrected chi connectivity index (χ4v) is 2.05. The van der Waals surface area contributed by atoms with Crippen LogP contribution in [0.2, 0.25) is 0 Å². The summed E-state index contributed by atoms with van der Waals surface area (Å²) in [4.78, 5) is 0. The molecule has 0 aliphatic heterocycles. The lowest BCUT2D eigenvalue weighted by atomic mass is 10.1. The summed E-state index contributed by atoms with van der Waals surface area (Å²) in [6, 6.07) is 0.698. The van der Waals surface area contributed by atoms with Crippen LogP contribution in [0.4, 0.5) is 33.3 Å². The Morgan fingerprint density at radius 1 is 1.19 bits per heavy atom. The summed E-state index contributed by atoms with van der Waals surface area (Å²) < 4.78 is 92.3. The molecule has 0 unspecified atom stereocenters. The Bertz CT molecular complexity index is 643. The van der Waals surface area contributed by atoms with E-state index in [9.17, 15) is 30.4 Å². The average molecular weight is 334 g/mol. The third-order valence-corrected chi connectivity index (χ3v) is 2.93. The summed E-state index contributed by atoms with van der Waals surface area (Å²) in [5.74, 6) is -5.55. The zero-order valence-electron chi connectivity index (χ0n) is 10.8. The normalized spacial score (nSPS) is 13.1. The first kappa shape index (κ1) is 17.3. The standard InChI is InChI=1S/C10H11F5N2O3S/c1-20-8-6(16)3-5(9(11,12)10(13,14)15)4-7(8)17-21(2,18)19/h3-4,17H,16H2,1-2H3. The Hall–Kier alpha value is -1.78. The van der Waals surface area contributed by atoms with E-state index in [4.69, 9.17) is 10.5 Å². The lowest BCUT2D eigenvalue weighted by Gasteiger charge is -2.22. The van der Waals surface area contributed by atoms with Crippen molar-refractivity contribution in [2.24, 2.45) is 0 Å². The van der Waals surface area contributed by atoms with Gasteiger partial charge in [0.2, 0.25) is 10.0 Å². The lowest BCUT2D eigenvalue weighted by molar-refractivity contribution is -0.289. The zero-order chi connectivity index (χ0) is 16.6. The second kappa shape index (κ2) is 5.20. The van der Waals surface area contributed by atoms with Crippen LogP contribution in [0.15, 0.2) is 12.1 Å². The van der Waals surface area contributed by atoms with Gasteiger partial charge in [-0.15, -0.1) is 0 Å². The molecule has 0 saturated heterocycles. The largest absolute Gasteiger partial charge is 0.492 e. The Labute approximate surface area is 116 Å². The number of methoxy groups -OCH3 is 1. The molecular formula is C10H11F5N2O3S. The highest BCUT2D eigenvalue weighted by atomic mass is 32.2. The number of benzene rings is 1. The van der Waals surface area contributed by atoms with Crippen molar-refractivity contribution in [3.05, 3.63) is 17.7 Å². The van der Waals surface area contributed by atoms with Crippen molar-refractivity contribution in [3.63, 3.8) is 0 Å². The first-order valence-corrected chi connectivity index (χ1v) is 7.09. The second-order valence-electron chi connectivity index (χ2n) is 4.09. The van der Waals surface area contributed by atoms with Crippen molar-refractivity contribution < 1.29 is 35.1 Å². The maximum absolute atomic E-state index is 13.3. The summed E-state index contributed by atoms with van der Waals surface area (Å²) in [6.07, 6.45) is -5.16. The van der Waals surface area contributed by atoms with Crippen molar-refractivity contribution in [2.45, 2.75) is 12.1 Å². The quantitative estimate of drug-likeness (QED) is 0.654. The van der Waals surface area contributed by atoms with Crippen LogP contribution in [-0.2, 0) is 15.9 Å². The summed E-state index contributed by atoms with van der Waals surface area (Å²) in [5, 5.41) is 0. The van der Waals surface area contributed by atoms with Crippen LogP contribution < -0.4 is 15.2 Å². The van der Waals surface area contributed by atoms with Crippen molar-refractivity contribution in [2.75, 3.05) is 23.8 Å². The molecule has 11 heteroatoms. The highest BCUT2D eigenvalue weighted by Gasteiger charge is 2.59. The maximum Gasteiger partial charge on any atom is 0.458 e. The van der Waals surface area contributed by atoms with E-state index in [2.05, 4.69) is 0 Å². The number of nitrogens with one attached hydrogen (secondary N) is 1. The number of nitrogens with two attached hydrogens (primary N) is 1. The molecule has 0 bridgehead atoms. The van der Waals surface area contributed by atoms with Gasteiger partial charge in [0.1, 0.15) is 0 Å². The molecule has 0 atom stereocenters. The molecule has 1 rings (SSSR count). The molecule has 120 valence electrons. The number of nitrogen functional groups attached to an aromatic ring is 1.